The summed E-state index contributed by atoms with van der Waals surface area (Å²) in [6.45, 7) is 0. The number of rotatable bonds is 4. The van der Waals surface area contributed by atoms with E-state index >= 15 is 0 Å². The molecule has 0 spiro atoms. The largest absolute Gasteiger partial charge is 0.361 e. The van der Waals surface area contributed by atoms with Crippen LogP contribution in [0.3, 0.4) is 0 Å². The second kappa shape index (κ2) is 7.14. The molecule has 4 rings (SSSR count). The molecule has 4 aromatic rings. The topological polar surface area (TPSA) is 11.3 Å². The van der Waals surface area contributed by atoms with E-state index in [1.807, 2.05) is 36.4 Å². The maximum absolute atomic E-state index is 6.23. The van der Waals surface area contributed by atoms with Crippen molar-refractivity contribution in [2.45, 2.75) is 6.42 Å². The lowest BCUT2D eigenvalue weighted by Gasteiger charge is -2.02. The fraction of sp³-hybridized carbons (Fsp3) is 0.0417. The summed E-state index contributed by atoms with van der Waals surface area (Å²) < 4.78 is 6.23. The molecular formula is C24H19O+. The predicted molar refractivity (Wildman–Crippen MR) is 103 cm³/mol. The Labute approximate surface area is 148 Å². The van der Waals surface area contributed by atoms with Gasteiger partial charge in [-0.05, 0) is 41.8 Å². The molecule has 3 aromatic carbocycles. The van der Waals surface area contributed by atoms with Crippen LogP contribution in [0.5, 0.6) is 0 Å². The van der Waals surface area contributed by atoms with Crippen LogP contribution in [0.1, 0.15) is 11.1 Å². The van der Waals surface area contributed by atoms with Crippen molar-refractivity contribution in [2.24, 2.45) is 0 Å². The molecule has 0 atom stereocenters. The molecule has 25 heavy (non-hydrogen) atoms. The molecule has 0 radical (unpaired) electrons. The average molecular weight is 323 g/mol. The minimum atomic E-state index is 0.886. The first-order valence-corrected chi connectivity index (χ1v) is 8.50. The normalized spacial score (nSPS) is 10.6. The monoisotopic (exact) mass is 323 g/mol. The van der Waals surface area contributed by atoms with Gasteiger partial charge in [-0.15, -0.1) is 0 Å². The molecule has 0 saturated heterocycles. The van der Waals surface area contributed by atoms with Gasteiger partial charge in [0.15, 0.2) is 0 Å². The van der Waals surface area contributed by atoms with E-state index in [1.54, 1.807) is 0 Å². The van der Waals surface area contributed by atoms with Crippen LogP contribution in [0.2, 0.25) is 0 Å². The molecule has 1 heterocycles. The van der Waals surface area contributed by atoms with Crippen LogP contribution in [0.25, 0.3) is 22.6 Å². The van der Waals surface area contributed by atoms with Crippen molar-refractivity contribution < 1.29 is 4.42 Å². The Kier molecular flexibility index (Phi) is 4.38. The maximum Gasteiger partial charge on any atom is 0.361 e. The van der Waals surface area contributed by atoms with Crippen LogP contribution in [0.4, 0.5) is 0 Å². The van der Waals surface area contributed by atoms with E-state index in [9.17, 15) is 0 Å². The van der Waals surface area contributed by atoms with E-state index in [0.29, 0.717) is 0 Å². The van der Waals surface area contributed by atoms with Gasteiger partial charge in [0.2, 0.25) is 0 Å². The zero-order chi connectivity index (χ0) is 16.9. The van der Waals surface area contributed by atoms with Crippen molar-refractivity contribution in [2.75, 3.05) is 0 Å². The van der Waals surface area contributed by atoms with Crippen LogP contribution in [0, 0.1) is 0 Å². The van der Waals surface area contributed by atoms with Crippen molar-refractivity contribution >= 4 is 0 Å². The first-order chi connectivity index (χ1) is 12.4. The van der Waals surface area contributed by atoms with Crippen LogP contribution < -0.4 is 0 Å². The third kappa shape index (κ3) is 3.67. The molecule has 1 heteroatoms. The average Bonchev–Trinajstić information content (AvgIpc) is 2.70. The zero-order valence-electron chi connectivity index (χ0n) is 13.9. The Bertz CT molecular complexity index is 887. The van der Waals surface area contributed by atoms with E-state index < -0.39 is 0 Å². The van der Waals surface area contributed by atoms with Crippen molar-refractivity contribution in [3.05, 3.63) is 114 Å². The maximum atomic E-state index is 6.23. The van der Waals surface area contributed by atoms with Gasteiger partial charge in [-0.3, -0.25) is 0 Å². The van der Waals surface area contributed by atoms with E-state index in [1.165, 1.54) is 11.1 Å². The second-order valence-electron chi connectivity index (χ2n) is 6.09. The highest BCUT2D eigenvalue weighted by Gasteiger charge is 2.19. The van der Waals surface area contributed by atoms with Gasteiger partial charge in [-0.1, -0.05) is 66.7 Å². The summed E-state index contributed by atoms with van der Waals surface area (Å²) >= 11 is 0. The van der Waals surface area contributed by atoms with Crippen molar-refractivity contribution in [3.8, 4) is 22.6 Å². The third-order valence-electron chi connectivity index (χ3n) is 4.22. The first kappa shape index (κ1) is 15.3. The third-order valence-corrected chi connectivity index (χ3v) is 4.22. The number of benzene rings is 3. The minimum absolute atomic E-state index is 0.886. The Morgan fingerprint density at radius 1 is 0.480 bits per heavy atom. The molecular weight excluding hydrogens is 304 g/mol. The zero-order valence-corrected chi connectivity index (χ0v) is 13.9. The van der Waals surface area contributed by atoms with Gasteiger partial charge in [-0.25, -0.2) is 4.42 Å². The molecule has 1 nitrogen and oxygen atoms in total. The fourth-order valence-corrected chi connectivity index (χ4v) is 2.98. The fourth-order valence-electron chi connectivity index (χ4n) is 2.98. The number of hydrogen-bond acceptors (Lipinski definition) is 0. The van der Waals surface area contributed by atoms with Gasteiger partial charge in [0.1, 0.15) is 0 Å². The van der Waals surface area contributed by atoms with Gasteiger partial charge >= 0.3 is 11.5 Å². The molecule has 1 aromatic heterocycles. The van der Waals surface area contributed by atoms with Crippen LogP contribution in [-0.2, 0) is 6.42 Å². The predicted octanol–water partition coefficient (Wildman–Crippen LogP) is 6.49. The smallest absolute Gasteiger partial charge is 0.207 e. The summed E-state index contributed by atoms with van der Waals surface area (Å²) in [5, 5.41) is 0. The molecule has 0 aliphatic carbocycles. The summed E-state index contributed by atoms with van der Waals surface area (Å²) in [5.74, 6) is 1.79. The molecule has 0 N–H and O–H groups in total. The molecule has 0 amide bonds. The van der Waals surface area contributed by atoms with Gasteiger partial charge in [0.25, 0.3) is 0 Å². The second-order valence-corrected chi connectivity index (χ2v) is 6.09. The summed E-state index contributed by atoms with van der Waals surface area (Å²) in [4.78, 5) is 0. The lowest BCUT2D eigenvalue weighted by atomic mass is 10.0. The Morgan fingerprint density at radius 2 is 0.920 bits per heavy atom. The number of hydrogen-bond donors (Lipinski definition) is 0. The highest BCUT2D eigenvalue weighted by atomic mass is 16.3. The molecule has 0 fully saturated rings. The molecule has 120 valence electrons. The first-order valence-electron chi connectivity index (χ1n) is 8.50. The van der Waals surface area contributed by atoms with Crippen LogP contribution in [0.15, 0.2) is 108 Å². The summed E-state index contributed by atoms with van der Waals surface area (Å²) in [6, 6.07) is 35.4. The Morgan fingerprint density at radius 3 is 1.40 bits per heavy atom. The molecule has 0 aliphatic heterocycles. The summed E-state index contributed by atoms with van der Waals surface area (Å²) in [7, 11) is 0. The van der Waals surface area contributed by atoms with Crippen LogP contribution in [-0.4, -0.2) is 0 Å². The van der Waals surface area contributed by atoms with Gasteiger partial charge in [0.05, 0.1) is 11.1 Å². The molecule has 0 saturated carbocycles. The highest BCUT2D eigenvalue weighted by molar-refractivity contribution is 5.64. The van der Waals surface area contributed by atoms with E-state index in [2.05, 4.69) is 66.7 Å². The molecule has 0 aliphatic rings. The minimum Gasteiger partial charge on any atom is -0.207 e. The standard InChI is InChI=1S/C24H19O/c1-4-10-19(11-5-1)16-20-17-23(21-12-6-2-7-13-21)25-24(18-20)22-14-8-3-9-15-22/h1-15,17-18H,16H2/q+1. The van der Waals surface area contributed by atoms with Crippen molar-refractivity contribution in [1.82, 2.24) is 0 Å². The van der Waals surface area contributed by atoms with Gasteiger partial charge < -0.3 is 0 Å². The SMILES string of the molecule is c1ccc(Cc2cc(-c3ccccc3)[o+]c(-c3ccccc3)c2)cc1. The van der Waals surface area contributed by atoms with E-state index in [0.717, 1.165) is 29.1 Å². The molecule has 0 unspecified atom stereocenters. The lowest BCUT2D eigenvalue weighted by Crippen LogP contribution is -1.91. The van der Waals surface area contributed by atoms with E-state index in [4.69, 9.17) is 4.42 Å². The summed E-state index contributed by atoms with van der Waals surface area (Å²) in [5.41, 5.74) is 4.73. The lowest BCUT2D eigenvalue weighted by molar-refractivity contribution is 0.580. The van der Waals surface area contributed by atoms with Gasteiger partial charge in [-0.2, -0.15) is 0 Å². The Hall–Kier alpha value is -3.19. The van der Waals surface area contributed by atoms with Crippen molar-refractivity contribution in [1.29, 1.82) is 0 Å². The van der Waals surface area contributed by atoms with Crippen LogP contribution >= 0.6 is 0 Å². The Balaban J connectivity index is 1.80. The highest BCUT2D eigenvalue weighted by Crippen LogP contribution is 2.29. The van der Waals surface area contributed by atoms with Gasteiger partial charge in [0, 0.05) is 12.1 Å². The quantitative estimate of drug-likeness (QED) is 0.391. The molecule has 0 bridgehead atoms. The summed E-state index contributed by atoms with van der Waals surface area (Å²) in [6.07, 6.45) is 0.886. The van der Waals surface area contributed by atoms with Crippen molar-refractivity contribution in [3.63, 3.8) is 0 Å². The van der Waals surface area contributed by atoms with E-state index in [-0.39, 0.29) is 0 Å².